The van der Waals surface area contributed by atoms with Crippen molar-refractivity contribution in [2.45, 2.75) is 26.3 Å². The molecule has 0 radical (unpaired) electrons. The first kappa shape index (κ1) is 15.5. The van der Waals surface area contributed by atoms with E-state index >= 15 is 0 Å². The monoisotopic (exact) mass is 240 g/mol. The summed E-state index contributed by atoms with van der Waals surface area (Å²) in [5, 5.41) is 2.59. The van der Waals surface area contributed by atoms with E-state index in [4.69, 9.17) is 11.2 Å². The van der Waals surface area contributed by atoms with E-state index in [0.29, 0.717) is 13.2 Å². The molecule has 0 aliphatic carbocycles. The highest BCUT2D eigenvalue weighted by Crippen LogP contribution is 1.98. The van der Waals surface area contributed by atoms with Crippen molar-refractivity contribution in [3.8, 4) is 12.3 Å². The predicted octanol–water partition coefficient (Wildman–Crippen LogP) is 0.00930. The second-order valence-electron chi connectivity index (χ2n) is 3.63. The van der Waals surface area contributed by atoms with E-state index in [1.807, 2.05) is 0 Å². The molecule has 5 nitrogen and oxygen atoms in total. The van der Waals surface area contributed by atoms with Gasteiger partial charge in [-0.1, -0.05) is 5.92 Å². The maximum atomic E-state index is 11.5. The summed E-state index contributed by atoms with van der Waals surface area (Å²) in [4.78, 5) is 24.5. The molecule has 96 valence electrons. The molecule has 0 bridgehead atoms. The molecule has 0 rings (SSSR count). The van der Waals surface area contributed by atoms with Gasteiger partial charge in [-0.25, -0.2) is 0 Å². The largest absolute Gasteiger partial charge is 0.466 e. The lowest BCUT2D eigenvalue weighted by molar-refractivity contribution is -0.143. The van der Waals surface area contributed by atoms with Crippen LogP contribution in [0.4, 0.5) is 0 Å². The van der Waals surface area contributed by atoms with Crippen LogP contribution in [0.1, 0.15) is 20.3 Å². The minimum atomic E-state index is -0.322. The van der Waals surface area contributed by atoms with Gasteiger partial charge in [-0.15, -0.1) is 6.42 Å². The molecule has 0 aromatic rings. The molecular weight excluding hydrogens is 220 g/mol. The number of hydrogen-bond acceptors (Lipinski definition) is 4. The molecule has 0 saturated carbocycles. The van der Waals surface area contributed by atoms with E-state index in [2.05, 4.69) is 11.2 Å². The SMILES string of the molecule is C#CCNC(=O)C(C)N(C)CCC(=O)OCC. The highest BCUT2D eigenvalue weighted by molar-refractivity contribution is 5.81. The van der Waals surface area contributed by atoms with Crippen molar-refractivity contribution in [2.24, 2.45) is 0 Å². The van der Waals surface area contributed by atoms with Crippen LogP contribution < -0.4 is 5.32 Å². The Kier molecular flexibility index (Phi) is 7.82. The topological polar surface area (TPSA) is 58.6 Å². The summed E-state index contributed by atoms with van der Waals surface area (Å²) in [5.74, 6) is 1.94. The summed E-state index contributed by atoms with van der Waals surface area (Å²) in [5.41, 5.74) is 0. The zero-order valence-electron chi connectivity index (χ0n) is 10.7. The molecule has 1 atom stereocenters. The average molecular weight is 240 g/mol. The van der Waals surface area contributed by atoms with Gasteiger partial charge in [0.25, 0.3) is 0 Å². The van der Waals surface area contributed by atoms with Crippen molar-refractivity contribution in [3.05, 3.63) is 0 Å². The standard InChI is InChI=1S/C12H20N2O3/c1-5-8-13-12(16)10(3)14(4)9-7-11(15)17-6-2/h1,10H,6-9H2,2-4H3,(H,13,16). The Bertz CT molecular complexity index is 297. The van der Waals surface area contributed by atoms with E-state index in [9.17, 15) is 9.59 Å². The Balaban J connectivity index is 3.96. The van der Waals surface area contributed by atoms with Gasteiger partial charge in [0.05, 0.1) is 25.6 Å². The molecule has 1 amide bonds. The smallest absolute Gasteiger partial charge is 0.307 e. The number of amides is 1. The van der Waals surface area contributed by atoms with Crippen LogP contribution in [0.15, 0.2) is 0 Å². The minimum Gasteiger partial charge on any atom is -0.466 e. The van der Waals surface area contributed by atoms with Crippen LogP contribution in [0, 0.1) is 12.3 Å². The third-order valence-electron chi connectivity index (χ3n) is 2.38. The quantitative estimate of drug-likeness (QED) is 0.503. The van der Waals surface area contributed by atoms with Crippen LogP contribution in [-0.2, 0) is 14.3 Å². The number of carbonyl (C=O) groups is 2. The number of esters is 1. The number of rotatable bonds is 7. The van der Waals surface area contributed by atoms with Crippen molar-refractivity contribution < 1.29 is 14.3 Å². The van der Waals surface area contributed by atoms with E-state index in [0.717, 1.165) is 0 Å². The van der Waals surface area contributed by atoms with E-state index in [1.165, 1.54) is 0 Å². The highest BCUT2D eigenvalue weighted by Gasteiger charge is 2.17. The summed E-state index contributed by atoms with van der Waals surface area (Å²) in [6.07, 6.45) is 5.32. The first-order chi connectivity index (χ1) is 8.02. The van der Waals surface area contributed by atoms with Gasteiger partial charge in [0.15, 0.2) is 0 Å². The first-order valence-electron chi connectivity index (χ1n) is 5.60. The fourth-order valence-electron chi connectivity index (χ4n) is 1.18. The third kappa shape index (κ3) is 6.59. The zero-order valence-corrected chi connectivity index (χ0v) is 10.7. The van der Waals surface area contributed by atoms with Gasteiger partial charge in [-0.2, -0.15) is 0 Å². The van der Waals surface area contributed by atoms with Crippen LogP contribution in [0.3, 0.4) is 0 Å². The summed E-state index contributed by atoms with van der Waals surface area (Å²) in [7, 11) is 1.78. The number of nitrogens with one attached hydrogen (secondary N) is 1. The summed E-state index contributed by atoms with van der Waals surface area (Å²) >= 11 is 0. The molecule has 1 unspecified atom stereocenters. The molecule has 0 heterocycles. The number of ether oxygens (including phenoxy) is 1. The Labute approximate surface area is 102 Å². The van der Waals surface area contributed by atoms with E-state index in [1.54, 1.807) is 25.8 Å². The van der Waals surface area contributed by atoms with Gasteiger partial charge in [0.1, 0.15) is 0 Å². The van der Waals surface area contributed by atoms with Crippen LogP contribution in [0.5, 0.6) is 0 Å². The predicted molar refractivity (Wildman–Crippen MR) is 65.2 cm³/mol. The number of terminal acetylenes is 1. The highest BCUT2D eigenvalue weighted by atomic mass is 16.5. The minimum absolute atomic E-state index is 0.144. The fraction of sp³-hybridized carbons (Fsp3) is 0.667. The zero-order chi connectivity index (χ0) is 13.3. The Morgan fingerprint density at radius 3 is 2.71 bits per heavy atom. The van der Waals surface area contributed by atoms with Gasteiger partial charge < -0.3 is 10.1 Å². The van der Waals surface area contributed by atoms with Crippen molar-refractivity contribution >= 4 is 11.9 Å². The first-order valence-corrected chi connectivity index (χ1v) is 5.60. The normalized spacial score (nSPS) is 11.7. The molecule has 0 spiro atoms. The average Bonchev–Trinajstić information content (AvgIpc) is 2.32. The molecule has 0 fully saturated rings. The second-order valence-corrected chi connectivity index (χ2v) is 3.63. The Hall–Kier alpha value is -1.54. The molecule has 0 aromatic carbocycles. The second kappa shape index (κ2) is 8.59. The lowest BCUT2D eigenvalue weighted by atomic mass is 10.2. The molecule has 0 saturated heterocycles. The molecule has 1 N–H and O–H groups in total. The summed E-state index contributed by atoms with van der Waals surface area (Å²) in [6, 6.07) is -0.322. The Morgan fingerprint density at radius 2 is 2.18 bits per heavy atom. The van der Waals surface area contributed by atoms with Gasteiger partial charge in [-0.05, 0) is 20.9 Å². The number of carbonyl (C=O) groups excluding carboxylic acids is 2. The molecule has 0 aliphatic heterocycles. The van der Waals surface area contributed by atoms with Crippen LogP contribution in [-0.4, -0.2) is 49.6 Å². The van der Waals surface area contributed by atoms with Crippen LogP contribution >= 0.6 is 0 Å². The molecular formula is C12H20N2O3. The molecule has 0 aromatic heterocycles. The van der Waals surface area contributed by atoms with Gasteiger partial charge in [0.2, 0.25) is 5.91 Å². The lowest BCUT2D eigenvalue weighted by Gasteiger charge is -2.22. The van der Waals surface area contributed by atoms with Crippen molar-refractivity contribution in [3.63, 3.8) is 0 Å². The number of likely N-dealkylation sites (N-methyl/N-ethyl adjacent to an activating group) is 1. The van der Waals surface area contributed by atoms with E-state index in [-0.39, 0.29) is 30.9 Å². The number of hydrogen-bond donors (Lipinski definition) is 1. The maximum Gasteiger partial charge on any atom is 0.307 e. The van der Waals surface area contributed by atoms with Crippen molar-refractivity contribution in [2.75, 3.05) is 26.7 Å². The van der Waals surface area contributed by atoms with Gasteiger partial charge in [0, 0.05) is 6.54 Å². The maximum absolute atomic E-state index is 11.5. The van der Waals surface area contributed by atoms with Crippen molar-refractivity contribution in [1.29, 1.82) is 0 Å². The molecule has 0 aliphatic rings. The summed E-state index contributed by atoms with van der Waals surface area (Å²) < 4.78 is 4.80. The lowest BCUT2D eigenvalue weighted by Crippen LogP contribution is -2.44. The van der Waals surface area contributed by atoms with Crippen LogP contribution in [0.2, 0.25) is 0 Å². The van der Waals surface area contributed by atoms with E-state index < -0.39 is 0 Å². The summed E-state index contributed by atoms with van der Waals surface area (Å²) in [6.45, 7) is 4.59. The van der Waals surface area contributed by atoms with Gasteiger partial charge >= 0.3 is 5.97 Å². The van der Waals surface area contributed by atoms with Crippen LogP contribution in [0.25, 0.3) is 0 Å². The van der Waals surface area contributed by atoms with Gasteiger partial charge in [-0.3, -0.25) is 14.5 Å². The molecule has 17 heavy (non-hydrogen) atoms. The third-order valence-corrected chi connectivity index (χ3v) is 2.38. The number of nitrogens with zero attached hydrogens (tertiary/aromatic N) is 1. The fourth-order valence-corrected chi connectivity index (χ4v) is 1.18. The molecule has 5 heteroatoms. The Morgan fingerprint density at radius 1 is 1.53 bits per heavy atom. The van der Waals surface area contributed by atoms with Crippen molar-refractivity contribution in [1.82, 2.24) is 10.2 Å².